The van der Waals surface area contributed by atoms with Gasteiger partial charge in [-0.05, 0) is 30.7 Å². The minimum absolute atomic E-state index is 0.0202. The fourth-order valence-corrected chi connectivity index (χ4v) is 3.98. The minimum Gasteiger partial charge on any atom is -0.469 e. The van der Waals surface area contributed by atoms with Gasteiger partial charge in [-0.3, -0.25) is 4.79 Å². The van der Waals surface area contributed by atoms with Crippen LogP contribution in [0.5, 0.6) is 0 Å². The molecule has 0 N–H and O–H groups in total. The Kier molecular flexibility index (Phi) is 6.68. The lowest BCUT2D eigenvalue weighted by Gasteiger charge is -2.12. The lowest BCUT2D eigenvalue weighted by Crippen LogP contribution is -2.09. The maximum absolute atomic E-state index is 13.9. The second kappa shape index (κ2) is 9.61. The van der Waals surface area contributed by atoms with Crippen LogP contribution in [0.2, 0.25) is 0 Å². The quantitative estimate of drug-likeness (QED) is 0.166. The number of fused-ring (bicyclic) bond motifs is 1. The highest BCUT2D eigenvalue weighted by Gasteiger charge is 2.37. The van der Waals surface area contributed by atoms with E-state index in [-0.39, 0.29) is 47.4 Å². The highest BCUT2D eigenvalue weighted by Crippen LogP contribution is 2.43. The molecule has 13 heteroatoms. The van der Waals surface area contributed by atoms with Crippen molar-refractivity contribution < 1.29 is 40.4 Å². The third-order valence-corrected chi connectivity index (χ3v) is 5.60. The van der Waals surface area contributed by atoms with Gasteiger partial charge in [0, 0.05) is 16.6 Å². The van der Waals surface area contributed by atoms with Gasteiger partial charge in [0.2, 0.25) is 0 Å². The Hall–Kier alpha value is -4.34. The number of ether oxygens (including phenoxy) is 1. The van der Waals surface area contributed by atoms with Crippen molar-refractivity contribution >= 4 is 22.6 Å². The first kappa shape index (κ1) is 25.7. The first-order chi connectivity index (χ1) is 17.4. The number of hydrogen-bond acceptors (Lipinski definition) is 5. The Labute approximate surface area is 205 Å². The summed E-state index contributed by atoms with van der Waals surface area (Å²) >= 11 is 0. The smallest absolute Gasteiger partial charge is 0.417 e. The van der Waals surface area contributed by atoms with Crippen molar-refractivity contribution in [1.82, 2.24) is 14.7 Å². The Morgan fingerprint density at radius 3 is 2.49 bits per heavy atom. The number of benzene rings is 2. The van der Waals surface area contributed by atoms with E-state index < -0.39 is 41.0 Å². The summed E-state index contributed by atoms with van der Waals surface area (Å²) in [6.07, 6.45) is -9.70. The lowest BCUT2D eigenvalue weighted by molar-refractivity contribution is -0.140. The van der Waals surface area contributed by atoms with Crippen LogP contribution in [-0.2, 0) is 34.8 Å². The van der Waals surface area contributed by atoms with E-state index in [0.717, 1.165) is 18.2 Å². The fourth-order valence-electron chi connectivity index (χ4n) is 3.98. The van der Waals surface area contributed by atoms with E-state index >= 15 is 0 Å². The Morgan fingerprint density at radius 1 is 1.11 bits per heavy atom. The molecule has 37 heavy (non-hydrogen) atoms. The molecule has 0 radical (unpaired) electrons. The number of carbonyl (C=O) groups is 1. The largest absolute Gasteiger partial charge is 0.469 e. The van der Waals surface area contributed by atoms with Gasteiger partial charge >= 0.3 is 18.3 Å². The average molecular weight is 522 g/mol. The predicted molar refractivity (Wildman–Crippen MR) is 117 cm³/mol. The van der Waals surface area contributed by atoms with Crippen molar-refractivity contribution in [1.29, 1.82) is 0 Å². The molecule has 0 bridgehead atoms. The van der Waals surface area contributed by atoms with Gasteiger partial charge in [0.05, 0.1) is 43.3 Å². The molecule has 192 valence electrons. The molecule has 0 unspecified atom stereocenters. The molecule has 2 aromatic carbocycles. The van der Waals surface area contributed by atoms with Crippen LogP contribution in [0, 0.1) is 6.57 Å². The molecular weight excluding hydrogens is 506 g/mol. The second-order valence-corrected chi connectivity index (χ2v) is 7.86. The highest BCUT2D eigenvalue weighted by molar-refractivity contribution is 5.90. The molecule has 2 aromatic heterocycles. The SMILES string of the molecule is [C-]#[N+]c1ccc2c(cc(CCC(=O)OC)n2Cc2noc(-c3ccccc3C(F)(F)F)n2)c1C(F)(F)F. The molecule has 0 aliphatic rings. The summed E-state index contributed by atoms with van der Waals surface area (Å²) in [6.45, 7) is 6.86. The zero-order valence-electron chi connectivity index (χ0n) is 18.9. The third-order valence-electron chi connectivity index (χ3n) is 5.60. The van der Waals surface area contributed by atoms with Gasteiger partial charge < -0.3 is 13.8 Å². The number of aryl methyl sites for hydroxylation is 1. The molecule has 0 saturated heterocycles. The molecule has 0 amide bonds. The van der Waals surface area contributed by atoms with E-state index in [4.69, 9.17) is 11.1 Å². The maximum Gasteiger partial charge on any atom is 0.417 e. The number of rotatable bonds is 6. The van der Waals surface area contributed by atoms with E-state index in [1.807, 2.05) is 0 Å². The molecule has 7 nitrogen and oxygen atoms in total. The van der Waals surface area contributed by atoms with Gasteiger partial charge in [0.25, 0.3) is 5.89 Å². The average Bonchev–Trinajstić information content (AvgIpc) is 3.45. The van der Waals surface area contributed by atoms with Crippen molar-refractivity contribution in [2.45, 2.75) is 31.7 Å². The number of halogens is 6. The summed E-state index contributed by atoms with van der Waals surface area (Å²) in [4.78, 5) is 18.7. The number of methoxy groups -OCH3 is 1. The van der Waals surface area contributed by atoms with Gasteiger partial charge in [-0.1, -0.05) is 23.4 Å². The molecule has 0 aliphatic carbocycles. The van der Waals surface area contributed by atoms with Crippen molar-refractivity contribution in [3.05, 3.63) is 76.5 Å². The Morgan fingerprint density at radius 2 is 1.84 bits per heavy atom. The first-order valence-electron chi connectivity index (χ1n) is 10.6. The number of nitrogens with zero attached hydrogens (tertiary/aromatic N) is 4. The van der Waals surface area contributed by atoms with Gasteiger partial charge in [-0.25, -0.2) is 4.85 Å². The van der Waals surface area contributed by atoms with Gasteiger partial charge in [-0.15, -0.1) is 0 Å². The molecule has 4 rings (SSSR count). The molecule has 4 aromatic rings. The number of alkyl halides is 6. The van der Waals surface area contributed by atoms with Gasteiger partial charge in [0.15, 0.2) is 11.5 Å². The molecule has 0 atom stereocenters. The summed E-state index contributed by atoms with van der Waals surface area (Å²) in [7, 11) is 1.17. The minimum atomic E-state index is -4.84. The Bertz CT molecular complexity index is 1510. The van der Waals surface area contributed by atoms with Crippen molar-refractivity contribution in [3.8, 4) is 11.5 Å². The number of hydrogen-bond donors (Lipinski definition) is 0. The summed E-state index contributed by atoms with van der Waals surface area (Å²) in [5.74, 6) is -1.12. The van der Waals surface area contributed by atoms with E-state index in [2.05, 4.69) is 19.7 Å². The molecule has 2 heterocycles. The van der Waals surface area contributed by atoms with E-state index in [0.29, 0.717) is 0 Å². The molecular formula is C24H16F6N4O3. The normalized spacial score (nSPS) is 12.1. The molecule has 0 fully saturated rings. The monoisotopic (exact) mass is 522 g/mol. The van der Waals surface area contributed by atoms with Crippen molar-refractivity contribution in [2.24, 2.45) is 0 Å². The van der Waals surface area contributed by atoms with Crippen LogP contribution in [0.1, 0.15) is 29.1 Å². The van der Waals surface area contributed by atoms with Crippen molar-refractivity contribution in [2.75, 3.05) is 7.11 Å². The van der Waals surface area contributed by atoms with E-state index in [1.165, 1.54) is 35.9 Å². The van der Waals surface area contributed by atoms with E-state index in [9.17, 15) is 31.1 Å². The predicted octanol–water partition coefficient (Wildman–Crippen LogP) is 6.43. The van der Waals surface area contributed by atoms with Crippen LogP contribution in [-0.4, -0.2) is 27.8 Å². The number of carbonyl (C=O) groups excluding carboxylic acids is 1. The standard InChI is InChI=1S/C24H16F6N4O3/c1-31-17-8-9-18-15(21(17)24(28,29)30)11-13(7-10-20(35)36-2)34(18)12-19-32-22(37-33-19)14-5-3-4-6-16(14)23(25,26)27/h3-6,8-9,11H,7,10,12H2,2H3. The summed E-state index contributed by atoms with van der Waals surface area (Å²) in [5, 5.41) is 3.45. The van der Waals surface area contributed by atoms with E-state index in [1.54, 1.807) is 0 Å². The number of aromatic nitrogens is 3. The first-order valence-corrected chi connectivity index (χ1v) is 10.6. The Balaban J connectivity index is 1.81. The zero-order valence-corrected chi connectivity index (χ0v) is 18.9. The van der Waals surface area contributed by atoms with Crippen LogP contribution in [0.15, 0.2) is 47.0 Å². The lowest BCUT2D eigenvalue weighted by atomic mass is 10.1. The summed E-state index contributed by atoms with van der Waals surface area (Å²) < 4.78 is 92.9. The van der Waals surface area contributed by atoms with Crippen LogP contribution < -0.4 is 0 Å². The topological polar surface area (TPSA) is 74.5 Å². The second-order valence-electron chi connectivity index (χ2n) is 7.86. The van der Waals surface area contributed by atoms with Crippen LogP contribution in [0.4, 0.5) is 32.0 Å². The van der Waals surface area contributed by atoms with Crippen LogP contribution in [0.3, 0.4) is 0 Å². The van der Waals surface area contributed by atoms with Crippen LogP contribution in [0.25, 0.3) is 27.2 Å². The third kappa shape index (κ3) is 5.13. The van der Waals surface area contributed by atoms with Crippen molar-refractivity contribution in [3.63, 3.8) is 0 Å². The zero-order chi connectivity index (χ0) is 27.0. The molecule has 0 saturated carbocycles. The van der Waals surface area contributed by atoms with Gasteiger partial charge in [0.1, 0.15) is 0 Å². The molecule has 0 spiro atoms. The van der Waals surface area contributed by atoms with Crippen LogP contribution >= 0.6 is 0 Å². The fraction of sp³-hybridized carbons (Fsp3) is 0.250. The number of esters is 1. The summed E-state index contributed by atoms with van der Waals surface area (Å²) in [5.41, 5.74) is -2.72. The summed E-state index contributed by atoms with van der Waals surface area (Å²) in [6, 6.07) is 8.16. The maximum atomic E-state index is 13.9. The highest BCUT2D eigenvalue weighted by atomic mass is 19.4. The van der Waals surface area contributed by atoms with Gasteiger partial charge in [-0.2, -0.15) is 31.3 Å². The molecule has 0 aliphatic heterocycles.